The molecular formula is C11H21N3O4S2. The number of nitrogens with zero attached hydrogens (tertiary/aromatic N) is 2. The minimum atomic E-state index is -3.47. The summed E-state index contributed by atoms with van der Waals surface area (Å²) in [5.41, 5.74) is 5.42. The molecule has 1 heterocycles. The highest BCUT2D eigenvalue weighted by Crippen LogP contribution is 2.13. The van der Waals surface area contributed by atoms with E-state index in [0.29, 0.717) is 39.1 Å². The van der Waals surface area contributed by atoms with E-state index >= 15 is 0 Å². The summed E-state index contributed by atoms with van der Waals surface area (Å²) in [5.74, 6) is -0.262. The molecule has 116 valence electrons. The zero-order valence-corrected chi connectivity index (χ0v) is 13.4. The van der Waals surface area contributed by atoms with E-state index in [-0.39, 0.29) is 11.0 Å². The number of sulfonamides is 1. The highest BCUT2D eigenvalue weighted by atomic mass is 32.2. The summed E-state index contributed by atoms with van der Waals surface area (Å²) >= 11 is 4.75. The molecule has 1 fully saturated rings. The predicted octanol–water partition coefficient (Wildman–Crippen LogP) is -0.828. The lowest BCUT2D eigenvalue weighted by atomic mass is 10.3. The predicted molar refractivity (Wildman–Crippen MR) is 79.8 cm³/mol. The fraction of sp³-hybridized carbons (Fsp3) is 0.818. The Morgan fingerprint density at radius 1 is 1.35 bits per heavy atom. The molecule has 1 unspecified atom stereocenters. The number of piperazine rings is 1. The van der Waals surface area contributed by atoms with Crippen LogP contribution < -0.4 is 5.73 Å². The summed E-state index contributed by atoms with van der Waals surface area (Å²) in [5, 5.41) is -0.848. The molecule has 1 aliphatic rings. The number of methoxy groups -OCH3 is 1. The molecule has 1 rings (SSSR count). The van der Waals surface area contributed by atoms with Gasteiger partial charge in [0.25, 0.3) is 0 Å². The van der Waals surface area contributed by atoms with E-state index < -0.39 is 15.3 Å². The van der Waals surface area contributed by atoms with Gasteiger partial charge in [0.1, 0.15) is 5.25 Å². The minimum absolute atomic E-state index is 0.0156. The maximum absolute atomic E-state index is 12.2. The van der Waals surface area contributed by atoms with Gasteiger partial charge in [-0.3, -0.25) is 4.79 Å². The van der Waals surface area contributed by atoms with Crippen LogP contribution >= 0.6 is 12.2 Å². The van der Waals surface area contributed by atoms with E-state index in [1.54, 1.807) is 0 Å². The van der Waals surface area contributed by atoms with Gasteiger partial charge < -0.3 is 15.4 Å². The number of hydrogen-bond donors (Lipinski definition) is 1. The number of ether oxygens (including phenoxy) is 1. The van der Waals surface area contributed by atoms with Gasteiger partial charge >= 0.3 is 5.97 Å². The first-order chi connectivity index (χ1) is 9.28. The van der Waals surface area contributed by atoms with E-state index in [2.05, 4.69) is 4.74 Å². The fourth-order valence-corrected chi connectivity index (χ4v) is 3.71. The van der Waals surface area contributed by atoms with E-state index in [1.165, 1.54) is 18.3 Å². The van der Waals surface area contributed by atoms with Crippen LogP contribution in [0.5, 0.6) is 0 Å². The zero-order valence-electron chi connectivity index (χ0n) is 11.7. The molecule has 1 atom stereocenters. The van der Waals surface area contributed by atoms with Crippen LogP contribution in [0, 0.1) is 0 Å². The lowest BCUT2D eigenvalue weighted by Crippen LogP contribution is -2.52. The molecule has 1 aliphatic heterocycles. The van der Waals surface area contributed by atoms with Gasteiger partial charge in [-0.05, 0) is 6.92 Å². The second kappa shape index (κ2) is 7.30. The Morgan fingerprint density at radius 3 is 2.35 bits per heavy atom. The number of nitrogens with two attached hydrogens (primary N) is 1. The van der Waals surface area contributed by atoms with Crippen molar-refractivity contribution >= 4 is 33.2 Å². The third-order valence-electron chi connectivity index (χ3n) is 3.40. The van der Waals surface area contributed by atoms with Crippen LogP contribution in [0.4, 0.5) is 0 Å². The Balaban J connectivity index is 2.50. The van der Waals surface area contributed by atoms with Gasteiger partial charge in [-0.15, -0.1) is 0 Å². The Bertz CT molecular complexity index is 458. The van der Waals surface area contributed by atoms with Crippen LogP contribution in [-0.2, 0) is 19.6 Å². The van der Waals surface area contributed by atoms with Crippen molar-refractivity contribution < 1.29 is 17.9 Å². The molecule has 0 saturated carbocycles. The number of thiocarbonyl (C=S) groups is 1. The van der Waals surface area contributed by atoms with Crippen molar-refractivity contribution in [1.82, 2.24) is 9.21 Å². The van der Waals surface area contributed by atoms with Gasteiger partial charge in [0.05, 0.1) is 18.5 Å². The molecule has 0 aromatic heterocycles. The van der Waals surface area contributed by atoms with Crippen LogP contribution in [0.15, 0.2) is 0 Å². The largest absolute Gasteiger partial charge is 0.469 e. The maximum Gasteiger partial charge on any atom is 0.306 e. The van der Waals surface area contributed by atoms with Crippen LogP contribution in [-0.4, -0.2) is 73.7 Å². The van der Waals surface area contributed by atoms with E-state index in [1.807, 2.05) is 4.90 Å². The molecule has 0 amide bonds. The van der Waals surface area contributed by atoms with E-state index in [4.69, 9.17) is 18.0 Å². The number of carbonyl (C=O) groups excluding carboxylic acids is 1. The Hall–Kier alpha value is -0.770. The summed E-state index contributed by atoms with van der Waals surface area (Å²) in [6, 6.07) is 0. The first-order valence-electron chi connectivity index (χ1n) is 6.36. The second-order valence-corrected chi connectivity index (χ2v) is 7.38. The number of esters is 1. The summed E-state index contributed by atoms with van der Waals surface area (Å²) in [4.78, 5) is 13.1. The standard InChI is InChI=1S/C11H21N3O4S2/c1-9(11(12)19)20(16,17)14-7-5-13(6-8-14)4-3-10(15)18-2/h9H,3-8H2,1-2H3,(H2,12,19). The summed E-state index contributed by atoms with van der Waals surface area (Å²) < 4.78 is 30.4. The molecule has 2 N–H and O–H groups in total. The van der Waals surface area contributed by atoms with Crippen molar-refractivity contribution in [1.29, 1.82) is 0 Å². The van der Waals surface area contributed by atoms with E-state index in [9.17, 15) is 13.2 Å². The van der Waals surface area contributed by atoms with Gasteiger partial charge in [0.2, 0.25) is 10.0 Å². The molecule has 0 bridgehead atoms. The molecule has 1 saturated heterocycles. The Morgan fingerprint density at radius 2 is 1.90 bits per heavy atom. The summed E-state index contributed by atoms with van der Waals surface area (Å²) in [6.45, 7) is 4.01. The lowest BCUT2D eigenvalue weighted by Gasteiger charge is -2.34. The number of rotatable bonds is 6. The lowest BCUT2D eigenvalue weighted by molar-refractivity contribution is -0.141. The highest BCUT2D eigenvalue weighted by molar-refractivity contribution is 7.92. The highest BCUT2D eigenvalue weighted by Gasteiger charge is 2.32. The maximum atomic E-state index is 12.2. The van der Waals surface area contributed by atoms with Crippen LogP contribution in [0.25, 0.3) is 0 Å². The first-order valence-corrected chi connectivity index (χ1v) is 8.27. The van der Waals surface area contributed by atoms with Crippen molar-refractivity contribution in [3.05, 3.63) is 0 Å². The quantitative estimate of drug-likeness (QED) is 0.504. The fourth-order valence-electron chi connectivity index (χ4n) is 1.93. The average molecular weight is 323 g/mol. The summed E-state index contributed by atoms with van der Waals surface area (Å²) in [6.07, 6.45) is 0.312. The normalized spacial score (nSPS) is 19.5. The van der Waals surface area contributed by atoms with Gasteiger partial charge in [-0.1, -0.05) is 12.2 Å². The van der Waals surface area contributed by atoms with E-state index in [0.717, 1.165) is 0 Å². The monoisotopic (exact) mass is 323 g/mol. The van der Waals surface area contributed by atoms with Crippen molar-refractivity contribution in [2.75, 3.05) is 39.8 Å². The van der Waals surface area contributed by atoms with Crippen molar-refractivity contribution in [2.45, 2.75) is 18.6 Å². The van der Waals surface area contributed by atoms with Crippen molar-refractivity contribution in [3.8, 4) is 0 Å². The van der Waals surface area contributed by atoms with Gasteiger partial charge in [-0.2, -0.15) is 4.31 Å². The molecule has 0 aliphatic carbocycles. The summed E-state index contributed by atoms with van der Waals surface area (Å²) in [7, 11) is -2.12. The SMILES string of the molecule is COC(=O)CCN1CCN(S(=O)(=O)C(C)C(N)=S)CC1. The Labute approximate surface area is 125 Å². The zero-order chi connectivity index (χ0) is 15.3. The molecular weight excluding hydrogens is 302 g/mol. The second-order valence-electron chi connectivity index (χ2n) is 4.66. The number of carbonyl (C=O) groups is 1. The Kier molecular flexibility index (Phi) is 6.31. The third kappa shape index (κ3) is 4.37. The number of hydrogen-bond acceptors (Lipinski definition) is 6. The van der Waals surface area contributed by atoms with Crippen molar-refractivity contribution in [2.24, 2.45) is 5.73 Å². The molecule has 7 nitrogen and oxygen atoms in total. The van der Waals surface area contributed by atoms with Gasteiger partial charge in [0, 0.05) is 32.7 Å². The van der Waals surface area contributed by atoms with Gasteiger partial charge in [0.15, 0.2) is 0 Å². The van der Waals surface area contributed by atoms with Crippen LogP contribution in [0.2, 0.25) is 0 Å². The topological polar surface area (TPSA) is 92.9 Å². The molecule has 0 aromatic rings. The molecule has 0 spiro atoms. The average Bonchev–Trinajstić information content (AvgIpc) is 2.44. The minimum Gasteiger partial charge on any atom is -0.469 e. The van der Waals surface area contributed by atoms with Crippen LogP contribution in [0.1, 0.15) is 13.3 Å². The smallest absolute Gasteiger partial charge is 0.306 e. The molecule has 0 aromatic carbocycles. The van der Waals surface area contributed by atoms with Crippen LogP contribution in [0.3, 0.4) is 0 Å². The van der Waals surface area contributed by atoms with Gasteiger partial charge in [-0.25, -0.2) is 8.42 Å². The third-order valence-corrected chi connectivity index (χ3v) is 6.13. The van der Waals surface area contributed by atoms with Crippen molar-refractivity contribution in [3.63, 3.8) is 0 Å². The molecule has 20 heavy (non-hydrogen) atoms. The molecule has 9 heteroatoms. The first kappa shape index (κ1) is 17.3. The molecule has 0 radical (unpaired) electrons.